The number of para-hydroxylation sites is 1. The molecule has 3 aromatic rings. The predicted octanol–water partition coefficient (Wildman–Crippen LogP) is 5.17. The zero-order chi connectivity index (χ0) is 22.4. The van der Waals surface area contributed by atoms with Crippen LogP contribution < -0.4 is 4.90 Å². The lowest BCUT2D eigenvalue weighted by Crippen LogP contribution is -2.40. The van der Waals surface area contributed by atoms with Gasteiger partial charge in [-0.1, -0.05) is 48.0 Å². The van der Waals surface area contributed by atoms with Crippen molar-refractivity contribution in [3.63, 3.8) is 0 Å². The summed E-state index contributed by atoms with van der Waals surface area (Å²) in [5.74, 6) is -1.41. The summed E-state index contributed by atoms with van der Waals surface area (Å²) in [6.45, 7) is 3.33. The van der Waals surface area contributed by atoms with E-state index in [4.69, 9.17) is 16.3 Å². The number of hydrogen-bond acceptors (Lipinski definition) is 4. The molecule has 3 aromatic carbocycles. The Labute approximate surface area is 186 Å². The lowest BCUT2D eigenvalue weighted by atomic mass is 9.98. The molecule has 0 aliphatic carbocycles. The lowest BCUT2D eigenvalue weighted by Gasteiger charge is -2.26. The predicted molar refractivity (Wildman–Crippen MR) is 121 cm³/mol. The van der Waals surface area contributed by atoms with E-state index in [9.17, 15) is 14.4 Å². The number of amides is 1. The fraction of sp³-hybridized carbons (Fsp3) is 0.160. The van der Waals surface area contributed by atoms with E-state index in [1.54, 1.807) is 47.4 Å². The van der Waals surface area contributed by atoms with Crippen LogP contribution in [0, 0.1) is 0 Å². The molecular weight excluding hydrogens is 414 g/mol. The number of anilines is 1. The minimum atomic E-state index is -0.733. The largest absolute Gasteiger partial charge is 0.452 e. The van der Waals surface area contributed by atoms with E-state index in [0.29, 0.717) is 10.6 Å². The number of benzene rings is 3. The van der Waals surface area contributed by atoms with Crippen LogP contribution in [0.3, 0.4) is 0 Å². The van der Waals surface area contributed by atoms with Crippen LogP contribution in [-0.4, -0.2) is 30.3 Å². The Bertz CT molecular complexity index is 1080. The summed E-state index contributed by atoms with van der Waals surface area (Å²) in [6.07, 6.45) is 0. The summed E-state index contributed by atoms with van der Waals surface area (Å²) in [6, 6.07) is 21.8. The Hall–Kier alpha value is -3.44. The molecule has 158 valence electrons. The summed E-state index contributed by atoms with van der Waals surface area (Å²) >= 11 is 5.89. The van der Waals surface area contributed by atoms with Gasteiger partial charge in [0.05, 0.1) is 5.56 Å². The third kappa shape index (κ3) is 5.38. The number of carbonyl (C=O) groups excluding carboxylic acids is 3. The van der Waals surface area contributed by atoms with Gasteiger partial charge in [0.1, 0.15) is 0 Å². The summed E-state index contributed by atoms with van der Waals surface area (Å²) < 4.78 is 5.28. The SMILES string of the molecule is CC(C)N(C(=O)COC(=O)c1ccccc1C(=O)c1ccc(Cl)cc1)c1ccccc1. The fourth-order valence-corrected chi connectivity index (χ4v) is 3.34. The third-order valence-electron chi connectivity index (χ3n) is 4.64. The van der Waals surface area contributed by atoms with Crippen molar-refractivity contribution in [1.29, 1.82) is 0 Å². The van der Waals surface area contributed by atoms with E-state index < -0.39 is 12.6 Å². The van der Waals surface area contributed by atoms with Gasteiger partial charge >= 0.3 is 5.97 Å². The Morgan fingerprint density at radius 1 is 0.839 bits per heavy atom. The van der Waals surface area contributed by atoms with E-state index in [1.807, 2.05) is 44.2 Å². The molecule has 1 amide bonds. The number of ether oxygens (including phenoxy) is 1. The van der Waals surface area contributed by atoms with Gasteiger partial charge in [0.2, 0.25) is 0 Å². The monoisotopic (exact) mass is 435 g/mol. The van der Waals surface area contributed by atoms with Gasteiger partial charge in [0.25, 0.3) is 5.91 Å². The summed E-state index contributed by atoms with van der Waals surface area (Å²) in [4.78, 5) is 39.9. The first-order valence-electron chi connectivity index (χ1n) is 9.82. The van der Waals surface area contributed by atoms with Crippen molar-refractivity contribution < 1.29 is 19.1 Å². The molecule has 0 aromatic heterocycles. The Morgan fingerprint density at radius 3 is 2.03 bits per heavy atom. The van der Waals surface area contributed by atoms with Gasteiger partial charge in [-0.3, -0.25) is 9.59 Å². The van der Waals surface area contributed by atoms with Crippen LogP contribution in [0.5, 0.6) is 0 Å². The first-order valence-corrected chi connectivity index (χ1v) is 10.2. The number of nitrogens with zero attached hydrogens (tertiary/aromatic N) is 1. The van der Waals surface area contributed by atoms with Crippen molar-refractivity contribution >= 4 is 34.9 Å². The van der Waals surface area contributed by atoms with E-state index >= 15 is 0 Å². The normalized spacial score (nSPS) is 10.6. The van der Waals surface area contributed by atoms with Crippen molar-refractivity contribution in [2.45, 2.75) is 19.9 Å². The average Bonchev–Trinajstić information content (AvgIpc) is 2.78. The van der Waals surface area contributed by atoms with Crippen molar-refractivity contribution in [2.24, 2.45) is 0 Å². The van der Waals surface area contributed by atoms with E-state index in [-0.39, 0.29) is 28.9 Å². The zero-order valence-corrected chi connectivity index (χ0v) is 18.0. The molecular formula is C25H22ClNO4. The van der Waals surface area contributed by atoms with Crippen LogP contribution in [-0.2, 0) is 9.53 Å². The third-order valence-corrected chi connectivity index (χ3v) is 4.90. The second-order valence-electron chi connectivity index (χ2n) is 7.15. The van der Waals surface area contributed by atoms with E-state index in [2.05, 4.69) is 0 Å². The molecule has 0 saturated carbocycles. The number of esters is 1. The van der Waals surface area contributed by atoms with Crippen molar-refractivity contribution in [2.75, 3.05) is 11.5 Å². The van der Waals surface area contributed by atoms with Gasteiger partial charge in [-0.15, -0.1) is 0 Å². The van der Waals surface area contributed by atoms with Crippen LogP contribution in [0.15, 0.2) is 78.9 Å². The maximum Gasteiger partial charge on any atom is 0.339 e. The average molecular weight is 436 g/mol. The molecule has 0 fully saturated rings. The molecule has 31 heavy (non-hydrogen) atoms. The Morgan fingerprint density at radius 2 is 1.42 bits per heavy atom. The van der Waals surface area contributed by atoms with Crippen LogP contribution in [0.25, 0.3) is 0 Å². The maximum absolute atomic E-state index is 12.9. The second-order valence-corrected chi connectivity index (χ2v) is 7.59. The number of rotatable bonds is 7. The lowest BCUT2D eigenvalue weighted by molar-refractivity contribution is -0.122. The first kappa shape index (κ1) is 22.2. The highest BCUT2D eigenvalue weighted by Gasteiger charge is 2.23. The number of hydrogen-bond donors (Lipinski definition) is 0. The number of halogens is 1. The molecule has 0 N–H and O–H groups in total. The van der Waals surface area contributed by atoms with Crippen LogP contribution in [0.1, 0.15) is 40.1 Å². The molecule has 0 aliphatic rings. The van der Waals surface area contributed by atoms with E-state index in [1.165, 1.54) is 6.07 Å². The van der Waals surface area contributed by atoms with Gasteiger partial charge in [0, 0.05) is 27.9 Å². The van der Waals surface area contributed by atoms with Crippen LogP contribution >= 0.6 is 11.6 Å². The van der Waals surface area contributed by atoms with Crippen molar-refractivity contribution in [3.8, 4) is 0 Å². The highest BCUT2D eigenvalue weighted by atomic mass is 35.5. The molecule has 3 rings (SSSR count). The summed E-state index contributed by atoms with van der Waals surface area (Å²) in [5.41, 5.74) is 1.42. The molecule has 6 heteroatoms. The molecule has 0 saturated heterocycles. The van der Waals surface area contributed by atoms with Crippen molar-refractivity contribution in [3.05, 3.63) is 101 Å². The first-order chi connectivity index (χ1) is 14.9. The molecule has 0 aliphatic heterocycles. The second kappa shape index (κ2) is 10.0. The van der Waals surface area contributed by atoms with E-state index in [0.717, 1.165) is 5.69 Å². The number of ketones is 1. The molecule has 0 atom stereocenters. The maximum atomic E-state index is 12.9. The van der Waals surface area contributed by atoms with Gasteiger partial charge in [-0.2, -0.15) is 0 Å². The minimum absolute atomic E-state index is 0.103. The Balaban J connectivity index is 1.76. The van der Waals surface area contributed by atoms with Gasteiger partial charge < -0.3 is 9.64 Å². The van der Waals surface area contributed by atoms with Gasteiger partial charge in [0.15, 0.2) is 12.4 Å². The fourth-order valence-electron chi connectivity index (χ4n) is 3.21. The minimum Gasteiger partial charge on any atom is -0.452 e. The van der Waals surface area contributed by atoms with Crippen molar-refractivity contribution in [1.82, 2.24) is 0 Å². The molecule has 0 heterocycles. The molecule has 0 unspecified atom stereocenters. The topological polar surface area (TPSA) is 63.7 Å². The molecule has 0 spiro atoms. The molecule has 0 bridgehead atoms. The van der Waals surface area contributed by atoms with Gasteiger partial charge in [-0.05, 0) is 56.3 Å². The highest BCUT2D eigenvalue weighted by Crippen LogP contribution is 2.19. The van der Waals surface area contributed by atoms with Crippen LogP contribution in [0.2, 0.25) is 5.02 Å². The molecule has 5 nitrogen and oxygen atoms in total. The standard InChI is InChI=1S/C25H22ClNO4/c1-17(2)27(20-8-4-3-5-9-20)23(28)16-31-25(30)22-11-7-6-10-21(22)24(29)18-12-14-19(26)15-13-18/h3-15,17H,16H2,1-2H3. The zero-order valence-electron chi connectivity index (χ0n) is 17.2. The smallest absolute Gasteiger partial charge is 0.339 e. The summed E-state index contributed by atoms with van der Waals surface area (Å²) in [5, 5.41) is 0.510. The van der Waals surface area contributed by atoms with Crippen LogP contribution in [0.4, 0.5) is 5.69 Å². The van der Waals surface area contributed by atoms with Gasteiger partial charge in [-0.25, -0.2) is 4.79 Å². The number of carbonyl (C=O) groups is 3. The highest BCUT2D eigenvalue weighted by molar-refractivity contribution is 6.30. The quantitative estimate of drug-likeness (QED) is 0.379. The Kier molecular flexibility index (Phi) is 7.21. The molecule has 0 radical (unpaired) electrons. The summed E-state index contributed by atoms with van der Waals surface area (Å²) in [7, 11) is 0.